The van der Waals surface area contributed by atoms with Crippen molar-refractivity contribution in [3.63, 3.8) is 0 Å². The highest BCUT2D eigenvalue weighted by atomic mass is 16.5. The van der Waals surface area contributed by atoms with Gasteiger partial charge in [-0.2, -0.15) is 0 Å². The molecule has 0 aliphatic heterocycles. The minimum atomic E-state index is 0.194. The Morgan fingerprint density at radius 1 is 1.50 bits per heavy atom. The first-order valence-corrected chi connectivity index (χ1v) is 5.04. The number of rotatable bonds is 5. The van der Waals surface area contributed by atoms with Crippen LogP contribution >= 0.6 is 0 Å². The van der Waals surface area contributed by atoms with Gasteiger partial charge in [0, 0.05) is 18.3 Å². The first kappa shape index (κ1) is 11.0. The molecule has 3 heteroatoms. The second-order valence-corrected chi connectivity index (χ2v) is 3.43. The van der Waals surface area contributed by atoms with Crippen molar-refractivity contribution in [1.29, 1.82) is 0 Å². The van der Waals surface area contributed by atoms with Crippen molar-refractivity contribution in [2.75, 3.05) is 6.54 Å². The molecule has 1 heterocycles. The Bertz CT molecular complexity index is 274. The predicted molar refractivity (Wildman–Crippen MR) is 57.4 cm³/mol. The topological polar surface area (TPSA) is 34.2 Å². The Kier molecular flexibility index (Phi) is 4.40. The summed E-state index contributed by atoms with van der Waals surface area (Å²) in [6.45, 7) is 7.92. The maximum atomic E-state index is 5.64. The summed E-state index contributed by atoms with van der Waals surface area (Å²) in [4.78, 5) is 4.05. The molecule has 1 aromatic heterocycles. The molecule has 0 spiro atoms. The average Bonchev–Trinajstić information content (AvgIpc) is 2.16. The van der Waals surface area contributed by atoms with E-state index < -0.39 is 0 Å². The lowest BCUT2D eigenvalue weighted by Gasteiger charge is -2.13. The second kappa shape index (κ2) is 5.60. The van der Waals surface area contributed by atoms with Crippen molar-refractivity contribution < 1.29 is 4.74 Å². The highest BCUT2D eigenvalue weighted by Gasteiger charge is 2.04. The van der Waals surface area contributed by atoms with Crippen LogP contribution in [0.4, 0.5) is 0 Å². The molecule has 0 saturated carbocycles. The van der Waals surface area contributed by atoms with Gasteiger partial charge in [0.05, 0.1) is 12.3 Å². The van der Waals surface area contributed by atoms with E-state index in [2.05, 4.69) is 17.2 Å². The van der Waals surface area contributed by atoms with Crippen molar-refractivity contribution >= 4 is 0 Å². The van der Waals surface area contributed by atoms with Crippen LogP contribution in [-0.4, -0.2) is 17.6 Å². The third-order valence-corrected chi connectivity index (χ3v) is 1.80. The van der Waals surface area contributed by atoms with Gasteiger partial charge in [0.1, 0.15) is 5.75 Å². The van der Waals surface area contributed by atoms with E-state index in [1.165, 1.54) is 0 Å². The molecule has 0 radical (unpaired) electrons. The van der Waals surface area contributed by atoms with E-state index in [1.54, 1.807) is 12.4 Å². The Morgan fingerprint density at radius 3 is 2.93 bits per heavy atom. The standard InChI is InChI=1S/C11H18N2O/c1-4-12-7-10-5-6-13-8-11(10)14-9(2)3/h5-6,8-9,12H,4,7H2,1-3H3. The van der Waals surface area contributed by atoms with Gasteiger partial charge in [-0.3, -0.25) is 4.98 Å². The van der Waals surface area contributed by atoms with Crippen LogP contribution in [0, 0.1) is 0 Å². The largest absolute Gasteiger partial charge is 0.489 e. The van der Waals surface area contributed by atoms with E-state index in [1.807, 2.05) is 19.9 Å². The van der Waals surface area contributed by atoms with Gasteiger partial charge in [-0.1, -0.05) is 6.92 Å². The molecule has 3 nitrogen and oxygen atoms in total. The fraction of sp³-hybridized carbons (Fsp3) is 0.545. The molecule has 1 aromatic rings. The lowest BCUT2D eigenvalue weighted by Crippen LogP contribution is -2.14. The molecule has 0 bridgehead atoms. The van der Waals surface area contributed by atoms with Crippen LogP contribution in [0.5, 0.6) is 5.75 Å². The van der Waals surface area contributed by atoms with Crippen molar-refractivity contribution in [2.24, 2.45) is 0 Å². The van der Waals surface area contributed by atoms with Gasteiger partial charge in [-0.15, -0.1) is 0 Å². The van der Waals surface area contributed by atoms with Crippen LogP contribution in [0.15, 0.2) is 18.5 Å². The van der Waals surface area contributed by atoms with Crippen molar-refractivity contribution in [3.05, 3.63) is 24.0 Å². The molecule has 0 aromatic carbocycles. The van der Waals surface area contributed by atoms with Crippen LogP contribution in [-0.2, 0) is 6.54 Å². The first-order chi connectivity index (χ1) is 6.74. The Labute approximate surface area is 85.5 Å². The summed E-state index contributed by atoms with van der Waals surface area (Å²) in [6, 6.07) is 1.99. The smallest absolute Gasteiger partial charge is 0.142 e. The monoisotopic (exact) mass is 194 g/mol. The lowest BCUT2D eigenvalue weighted by molar-refractivity contribution is 0.238. The molecule has 1 N–H and O–H groups in total. The zero-order valence-electron chi connectivity index (χ0n) is 9.08. The van der Waals surface area contributed by atoms with E-state index in [4.69, 9.17) is 4.74 Å². The fourth-order valence-corrected chi connectivity index (χ4v) is 1.17. The van der Waals surface area contributed by atoms with Gasteiger partial charge >= 0.3 is 0 Å². The molecular formula is C11H18N2O. The van der Waals surface area contributed by atoms with Crippen LogP contribution in [0.3, 0.4) is 0 Å². The second-order valence-electron chi connectivity index (χ2n) is 3.43. The maximum Gasteiger partial charge on any atom is 0.142 e. The van der Waals surface area contributed by atoms with E-state index in [-0.39, 0.29) is 6.10 Å². The zero-order valence-corrected chi connectivity index (χ0v) is 9.08. The number of hydrogen-bond acceptors (Lipinski definition) is 3. The van der Waals surface area contributed by atoms with Gasteiger partial charge in [-0.05, 0) is 26.5 Å². The molecule has 0 aliphatic carbocycles. The van der Waals surface area contributed by atoms with E-state index >= 15 is 0 Å². The third kappa shape index (κ3) is 3.34. The summed E-state index contributed by atoms with van der Waals surface area (Å²) in [5, 5.41) is 3.27. The summed E-state index contributed by atoms with van der Waals surface area (Å²) in [7, 11) is 0. The molecular weight excluding hydrogens is 176 g/mol. The molecule has 0 aliphatic rings. The van der Waals surface area contributed by atoms with Gasteiger partial charge < -0.3 is 10.1 Å². The highest BCUT2D eigenvalue weighted by molar-refractivity contribution is 5.29. The summed E-state index contributed by atoms with van der Waals surface area (Å²) < 4.78 is 5.64. The molecule has 0 atom stereocenters. The average molecular weight is 194 g/mol. The van der Waals surface area contributed by atoms with Crippen LogP contribution < -0.4 is 10.1 Å². The highest BCUT2D eigenvalue weighted by Crippen LogP contribution is 2.17. The van der Waals surface area contributed by atoms with Crippen molar-refractivity contribution in [1.82, 2.24) is 10.3 Å². The van der Waals surface area contributed by atoms with Crippen molar-refractivity contribution in [3.8, 4) is 5.75 Å². The molecule has 14 heavy (non-hydrogen) atoms. The van der Waals surface area contributed by atoms with Crippen LogP contribution in [0.25, 0.3) is 0 Å². The summed E-state index contributed by atoms with van der Waals surface area (Å²) in [5.74, 6) is 0.878. The number of hydrogen-bond donors (Lipinski definition) is 1. The van der Waals surface area contributed by atoms with E-state index in [0.29, 0.717) is 0 Å². The first-order valence-electron chi connectivity index (χ1n) is 5.04. The predicted octanol–water partition coefficient (Wildman–Crippen LogP) is 1.98. The maximum absolute atomic E-state index is 5.64. The molecule has 0 amide bonds. The van der Waals surface area contributed by atoms with Gasteiger partial charge in [0.2, 0.25) is 0 Å². The normalized spacial score (nSPS) is 10.6. The SMILES string of the molecule is CCNCc1ccncc1OC(C)C. The van der Waals surface area contributed by atoms with Gasteiger partial charge in [-0.25, -0.2) is 0 Å². The number of pyridine rings is 1. The van der Waals surface area contributed by atoms with Gasteiger partial charge in [0.25, 0.3) is 0 Å². The summed E-state index contributed by atoms with van der Waals surface area (Å²) >= 11 is 0. The molecule has 0 unspecified atom stereocenters. The lowest BCUT2D eigenvalue weighted by atomic mass is 10.2. The molecule has 1 rings (SSSR count). The number of aromatic nitrogens is 1. The fourth-order valence-electron chi connectivity index (χ4n) is 1.17. The third-order valence-electron chi connectivity index (χ3n) is 1.80. The molecule has 78 valence electrons. The van der Waals surface area contributed by atoms with Crippen molar-refractivity contribution in [2.45, 2.75) is 33.4 Å². The Hall–Kier alpha value is -1.09. The molecule has 0 saturated heterocycles. The van der Waals surface area contributed by atoms with Crippen LogP contribution in [0.1, 0.15) is 26.3 Å². The summed E-state index contributed by atoms with van der Waals surface area (Å²) in [6.07, 6.45) is 3.76. The Balaban J connectivity index is 2.69. The minimum Gasteiger partial charge on any atom is -0.489 e. The summed E-state index contributed by atoms with van der Waals surface area (Å²) in [5.41, 5.74) is 1.16. The zero-order chi connectivity index (χ0) is 10.4. The van der Waals surface area contributed by atoms with Crippen LogP contribution in [0.2, 0.25) is 0 Å². The quantitative estimate of drug-likeness (QED) is 0.778. The number of nitrogens with zero attached hydrogens (tertiary/aromatic N) is 1. The molecule has 0 fully saturated rings. The Morgan fingerprint density at radius 2 is 2.29 bits per heavy atom. The minimum absolute atomic E-state index is 0.194. The van der Waals surface area contributed by atoms with E-state index in [9.17, 15) is 0 Å². The number of ether oxygens (including phenoxy) is 1. The van der Waals surface area contributed by atoms with E-state index in [0.717, 1.165) is 24.4 Å². The van der Waals surface area contributed by atoms with Gasteiger partial charge in [0.15, 0.2) is 0 Å². The number of nitrogens with one attached hydrogen (secondary N) is 1.